The number of fused-ring (bicyclic) bond motifs is 1. The summed E-state index contributed by atoms with van der Waals surface area (Å²) in [6, 6.07) is 5.64. The van der Waals surface area contributed by atoms with Crippen LogP contribution in [0.25, 0.3) is 0 Å². The molecule has 0 fully saturated rings. The van der Waals surface area contributed by atoms with Gasteiger partial charge in [-0.15, -0.1) is 0 Å². The number of aromatic nitrogens is 2. The van der Waals surface area contributed by atoms with E-state index in [1.165, 1.54) is 0 Å². The van der Waals surface area contributed by atoms with E-state index < -0.39 is 0 Å². The second kappa shape index (κ2) is 4.53. The van der Waals surface area contributed by atoms with Crippen molar-refractivity contribution in [1.82, 2.24) is 9.55 Å². The molecule has 6 heteroatoms. The molecule has 2 heterocycles. The van der Waals surface area contributed by atoms with Crippen LogP contribution in [-0.4, -0.2) is 22.8 Å². The van der Waals surface area contributed by atoms with Crippen LogP contribution in [0, 0.1) is 11.3 Å². The number of benzene rings is 1. The molecule has 1 aromatic heterocycles. The zero-order valence-corrected chi connectivity index (χ0v) is 10.2. The van der Waals surface area contributed by atoms with Crippen molar-refractivity contribution in [3.05, 3.63) is 35.9 Å². The highest BCUT2D eigenvalue weighted by molar-refractivity contribution is 5.58. The summed E-state index contributed by atoms with van der Waals surface area (Å²) in [7, 11) is 0. The molecule has 6 nitrogen and oxygen atoms in total. The molecule has 0 aliphatic carbocycles. The SMILES string of the molecule is N#Cc1nccn1Cc1cc2c(cc1N)OCCO2. The maximum atomic E-state index is 8.94. The molecule has 0 atom stereocenters. The molecule has 0 saturated carbocycles. The van der Waals surface area contributed by atoms with Crippen LogP contribution in [0.2, 0.25) is 0 Å². The molecule has 0 unspecified atom stereocenters. The number of nitrogen functional groups attached to an aromatic ring is 1. The molecule has 1 aliphatic rings. The second-order valence-corrected chi connectivity index (χ2v) is 4.19. The van der Waals surface area contributed by atoms with Crippen LogP contribution < -0.4 is 15.2 Å². The summed E-state index contributed by atoms with van der Waals surface area (Å²) >= 11 is 0. The predicted octanol–water partition coefficient (Wildman–Crippen LogP) is 1.16. The molecule has 1 aliphatic heterocycles. The van der Waals surface area contributed by atoms with Gasteiger partial charge in [-0.1, -0.05) is 0 Å². The summed E-state index contributed by atoms with van der Waals surface area (Å²) in [5.74, 6) is 1.71. The number of nitrogens with zero attached hydrogens (tertiary/aromatic N) is 3. The fraction of sp³-hybridized carbons (Fsp3) is 0.231. The van der Waals surface area contributed by atoms with Crippen molar-refractivity contribution in [2.24, 2.45) is 0 Å². The van der Waals surface area contributed by atoms with Crippen LogP contribution in [0.3, 0.4) is 0 Å². The lowest BCUT2D eigenvalue weighted by Gasteiger charge is -2.20. The van der Waals surface area contributed by atoms with Crippen molar-refractivity contribution in [2.75, 3.05) is 18.9 Å². The first kappa shape index (κ1) is 11.4. The highest BCUT2D eigenvalue weighted by Crippen LogP contribution is 2.34. The first-order chi connectivity index (χ1) is 9.28. The third-order valence-electron chi connectivity index (χ3n) is 2.96. The average Bonchev–Trinajstić information content (AvgIpc) is 2.87. The predicted molar refractivity (Wildman–Crippen MR) is 67.9 cm³/mol. The van der Waals surface area contributed by atoms with Gasteiger partial charge in [-0.05, 0) is 11.6 Å². The van der Waals surface area contributed by atoms with Crippen molar-refractivity contribution in [2.45, 2.75) is 6.54 Å². The maximum Gasteiger partial charge on any atom is 0.213 e. The summed E-state index contributed by atoms with van der Waals surface area (Å²) in [5.41, 5.74) is 7.49. The molecule has 0 bridgehead atoms. The molecule has 96 valence electrons. The van der Waals surface area contributed by atoms with Gasteiger partial charge in [0.1, 0.15) is 19.3 Å². The Kier molecular flexibility index (Phi) is 2.72. The minimum absolute atomic E-state index is 0.356. The van der Waals surface area contributed by atoms with E-state index in [2.05, 4.69) is 4.98 Å². The lowest BCUT2D eigenvalue weighted by molar-refractivity contribution is 0.171. The van der Waals surface area contributed by atoms with Gasteiger partial charge in [0.2, 0.25) is 5.82 Å². The fourth-order valence-electron chi connectivity index (χ4n) is 2.02. The summed E-state index contributed by atoms with van der Waals surface area (Å²) < 4.78 is 12.7. The van der Waals surface area contributed by atoms with E-state index in [9.17, 15) is 0 Å². The van der Waals surface area contributed by atoms with Crippen molar-refractivity contribution < 1.29 is 9.47 Å². The standard InChI is InChI=1S/C13H12N4O2/c14-7-13-16-1-2-17(13)8-9-5-11-12(6-10(9)15)19-4-3-18-11/h1-2,5-6H,3-4,8,15H2. The van der Waals surface area contributed by atoms with Crippen LogP contribution in [0.4, 0.5) is 5.69 Å². The van der Waals surface area contributed by atoms with Crippen molar-refractivity contribution >= 4 is 5.69 Å². The Balaban J connectivity index is 1.95. The van der Waals surface area contributed by atoms with Crippen LogP contribution in [0.1, 0.15) is 11.4 Å². The topological polar surface area (TPSA) is 86.1 Å². The molecule has 2 N–H and O–H groups in total. The zero-order chi connectivity index (χ0) is 13.2. The molecule has 0 spiro atoms. The van der Waals surface area contributed by atoms with Crippen LogP contribution in [0.5, 0.6) is 11.5 Å². The van der Waals surface area contributed by atoms with Gasteiger partial charge in [0.25, 0.3) is 0 Å². The van der Waals surface area contributed by atoms with Crippen molar-refractivity contribution in [3.8, 4) is 17.6 Å². The normalized spacial score (nSPS) is 13.0. The quantitative estimate of drug-likeness (QED) is 0.815. The van der Waals surface area contributed by atoms with E-state index in [1.54, 1.807) is 23.0 Å². The number of hydrogen-bond donors (Lipinski definition) is 1. The molecule has 0 amide bonds. The van der Waals surface area contributed by atoms with Gasteiger partial charge in [-0.2, -0.15) is 5.26 Å². The molecule has 0 saturated heterocycles. The van der Waals surface area contributed by atoms with Crippen molar-refractivity contribution in [1.29, 1.82) is 5.26 Å². The largest absolute Gasteiger partial charge is 0.486 e. The molecule has 1 aromatic carbocycles. The Morgan fingerprint density at radius 1 is 1.32 bits per heavy atom. The summed E-state index contributed by atoms with van der Waals surface area (Å²) in [6.45, 7) is 1.54. The summed E-state index contributed by atoms with van der Waals surface area (Å²) in [6.07, 6.45) is 3.33. The Hall–Kier alpha value is -2.68. The first-order valence-corrected chi connectivity index (χ1v) is 5.87. The van der Waals surface area contributed by atoms with E-state index in [1.807, 2.05) is 12.1 Å². The lowest BCUT2D eigenvalue weighted by atomic mass is 10.1. The number of ether oxygens (including phenoxy) is 2. The Morgan fingerprint density at radius 2 is 2.05 bits per heavy atom. The molecular weight excluding hydrogens is 244 g/mol. The zero-order valence-electron chi connectivity index (χ0n) is 10.2. The van der Waals surface area contributed by atoms with Gasteiger partial charge in [0.15, 0.2) is 11.5 Å². The summed E-state index contributed by atoms with van der Waals surface area (Å²) in [4.78, 5) is 3.95. The minimum Gasteiger partial charge on any atom is -0.486 e. The van der Waals surface area contributed by atoms with Crippen LogP contribution in [0.15, 0.2) is 24.5 Å². The monoisotopic (exact) mass is 256 g/mol. The van der Waals surface area contributed by atoms with E-state index >= 15 is 0 Å². The van der Waals surface area contributed by atoms with Crippen molar-refractivity contribution in [3.63, 3.8) is 0 Å². The number of imidazole rings is 1. The van der Waals surface area contributed by atoms with Gasteiger partial charge in [-0.3, -0.25) is 0 Å². The first-order valence-electron chi connectivity index (χ1n) is 5.87. The molecule has 19 heavy (non-hydrogen) atoms. The van der Waals surface area contributed by atoms with Crippen LogP contribution >= 0.6 is 0 Å². The maximum absolute atomic E-state index is 8.94. The van der Waals surface area contributed by atoms with Gasteiger partial charge in [-0.25, -0.2) is 4.98 Å². The molecular formula is C13H12N4O2. The Labute approximate surface area is 110 Å². The van der Waals surface area contributed by atoms with Gasteiger partial charge < -0.3 is 19.8 Å². The third-order valence-corrected chi connectivity index (χ3v) is 2.96. The van der Waals surface area contributed by atoms with E-state index in [0.29, 0.717) is 42.8 Å². The van der Waals surface area contributed by atoms with Gasteiger partial charge in [0.05, 0.1) is 6.54 Å². The van der Waals surface area contributed by atoms with Gasteiger partial charge in [0, 0.05) is 24.1 Å². The molecule has 3 rings (SSSR count). The number of rotatable bonds is 2. The Bertz CT molecular complexity index is 657. The molecule has 2 aromatic rings. The number of nitrogens with two attached hydrogens (primary N) is 1. The summed E-state index contributed by atoms with van der Waals surface area (Å²) in [5, 5.41) is 8.94. The van der Waals surface area contributed by atoms with E-state index in [-0.39, 0.29) is 0 Å². The fourth-order valence-corrected chi connectivity index (χ4v) is 2.02. The highest BCUT2D eigenvalue weighted by atomic mass is 16.6. The number of nitriles is 1. The second-order valence-electron chi connectivity index (χ2n) is 4.19. The number of anilines is 1. The van der Waals surface area contributed by atoms with E-state index in [4.69, 9.17) is 20.5 Å². The molecule has 0 radical (unpaired) electrons. The lowest BCUT2D eigenvalue weighted by Crippen LogP contribution is -2.16. The van der Waals surface area contributed by atoms with E-state index in [0.717, 1.165) is 5.56 Å². The minimum atomic E-state index is 0.356. The smallest absolute Gasteiger partial charge is 0.213 e. The van der Waals surface area contributed by atoms with Gasteiger partial charge >= 0.3 is 0 Å². The average molecular weight is 256 g/mol. The van der Waals surface area contributed by atoms with Crippen LogP contribution in [-0.2, 0) is 6.54 Å². The highest BCUT2D eigenvalue weighted by Gasteiger charge is 2.15. The number of hydrogen-bond acceptors (Lipinski definition) is 5. The third kappa shape index (κ3) is 2.06. The Morgan fingerprint density at radius 3 is 2.79 bits per heavy atom.